The van der Waals surface area contributed by atoms with Gasteiger partial charge in [-0.3, -0.25) is 0 Å². The highest BCUT2D eigenvalue weighted by Gasteiger charge is 1.38. The van der Waals surface area contributed by atoms with Gasteiger partial charge in [0.25, 0.3) is 0 Å². The van der Waals surface area contributed by atoms with E-state index in [0.717, 1.165) is 0 Å². The summed E-state index contributed by atoms with van der Waals surface area (Å²) in [7, 11) is 0. The zero-order valence-corrected chi connectivity index (χ0v) is 4.99. The molecule has 0 radical (unpaired) electrons. The Morgan fingerprint density at radius 1 is 1.83 bits per heavy atom. The van der Waals surface area contributed by atoms with Crippen molar-refractivity contribution in [3.05, 3.63) is 11.8 Å². The van der Waals surface area contributed by atoms with Gasteiger partial charge in [-0.25, -0.2) is 0 Å². The lowest BCUT2D eigenvalue weighted by atomic mass is 10.7. The number of rotatable bonds is 0. The lowest BCUT2D eigenvalue weighted by Crippen LogP contribution is -1.33. The maximum atomic E-state index is 3.35. The fourth-order valence-electron chi connectivity index (χ4n) is 0.0889. The Labute approximate surface area is 45.4 Å². The monoisotopic (exact) mass is 145 g/mol. The van der Waals surface area contributed by atoms with Gasteiger partial charge in [-0.2, -0.15) is 4.02 Å². The van der Waals surface area contributed by atoms with Gasteiger partial charge in [0.2, 0.25) is 0 Å². The van der Waals surface area contributed by atoms with Crippen molar-refractivity contribution in [2.75, 3.05) is 0 Å². The highest BCUT2D eigenvalue weighted by Crippen LogP contribution is 1.70. The molecule has 0 aliphatic carbocycles. The molecule has 0 saturated carbocycles. The summed E-state index contributed by atoms with van der Waals surface area (Å²) in [6, 6.07) is 0. The van der Waals surface area contributed by atoms with Crippen molar-refractivity contribution in [3.63, 3.8) is 0 Å². The summed E-state index contributed by atoms with van der Waals surface area (Å²) in [5.74, 6) is 2.43. The minimum Gasteiger partial charge on any atom is -0.156 e. The molecule has 0 N–H and O–H groups in total. The van der Waals surface area contributed by atoms with Crippen molar-refractivity contribution in [1.29, 1.82) is 0 Å². The van der Waals surface area contributed by atoms with Gasteiger partial charge >= 0.3 is 0 Å². The summed E-state index contributed by atoms with van der Waals surface area (Å²) < 4.78 is 3.35. The predicted molar refractivity (Wildman–Crippen MR) is 30.1 cm³/mol. The van der Waals surface area contributed by atoms with Crippen LogP contribution in [-0.2, 0) is 0 Å². The second-order valence-electron chi connectivity index (χ2n) is 0.629. The van der Waals surface area contributed by atoms with E-state index in [2.05, 4.69) is 31.8 Å². The van der Waals surface area contributed by atoms with Gasteiger partial charge in [0, 0.05) is 5.87 Å². The third-order valence-corrected chi connectivity index (χ3v) is 0.428. The van der Waals surface area contributed by atoms with Gasteiger partial charge in [0.05, 0.1) is 16.1 Å². The number of hydrogen-bond acceptors (Lipinski definition) is 1. The quantitative estimate of drug-likeness (QED) is 0.364. The Morgan fingerprint density at radius 2 is 2.50 bits per heavy atom. The van der Waals surface area contributed by atoms with Crippen molar-refractivity contribution in [2.45, 2.75) is 6.92 Å². The summed E-state index contributed by atoms with van der Waals surface area (Å²) in [4.78, 5) is 0. The molecule has 0 amide bonds. The van der Waals surface area contributed by atoms with Crippen LogP contribution in [0.1, 0.15) is 6.92 Å². The van der Waals surface area contributed by atoms with Crippen LogP contribution in [0.3, 0.4) is 0 Å². The van der Waals surface area contributed by atoms with E-state index >= 15 is 0 Å². The van der Waals surface area contributed by atoms with Crippen molar-refractivity contribution in [2.24, 2.45) is 4.02 Å². The second-order valence-corrected chi connectivity index (χ2v) is 0.984. The zero-order chi connectivity index (χ0) is 4.83. The zero-order valence-electron chi connectivity index (χ0n) is 3.40. The van der Waals surface area contributed by atoms with E-state index in [1.807, 2.05) is 6.92 Å². The molecule has 32 valence electrons. The van der Waals surface area contributed by atoms with Crippen LogP contribution in [-0.4, -0.2) is 5.87 Å². The third kappa shape index (κ3) is 3.71. The van der Waals surface area contributed by atoms with Gasteiger partial charge in [-0.1, -0.05) is 5.73 Å². The molecule has 0 bridgehead atoms. The molecule has 0 fully saturated rings. The van der Waals surface area contributed by atoms with E-state index in [4.69, 9.17) is 0 Å². The summed E-state index contributed by atoms with van der Waals surface area (Å²) in [6.45, 7) is 1.85. The van der Waals surface area contributed by atoms with Gasteiger partial charge in [0.15, 0.2) is 0 Å². The first-order valence-corrected chi connectivity index (χ1v) is 2.22. The molecule has 6 heavy (non-hydrogen) atoms. The maximum absolute atomic E-state index is 3.35. The average Bonchev–Trinajstić information content (AvgIpc) is 1.61. The smallest absolute Gasteiger partial charge is 0.0857 e. The normalized spacial score (nSPS) is 5.00. The van der Waals surface area contributed by atoms with E-state index < -0.39 is 0 Å². The van der Waals surface area contributed by atoms with Crippen LogP contribution in [0, 0.1) is 0 Å². The molecule has 0 heterocycles. The minimum atomic E-state index is 1.73. The molecule has 0 spiro atoms. The molecule has 0 saturated heterocycles. The molecule has 0 aromatic carbocycles. The Balaban J connectivity index is 3.79. The third-order valence-electron chi connectivity index (χ3n) is 0.251. The SMILES string of the molecule is CC=C=C=NBr. The van der Waals surface area contributed by atoms with E-state index in [-0.39, 0.29) is 0 Å². The first-order valence-electron chi connectivity index (χ1n) is 1.51. The summed E-state index contributed by atoms with van der Waals surface area (Å²) in [5.41, 5.74) is 2.61. The van der Waals surface area contributed by atoms with Crippen LogP contribution >= 0.6 is 16.1 Å². The fraction of sp³-hybridized carbons (Fsp3) is 0.250. The van der Waals surface area contributed by atoms with Gasteiger partial charge in [-0.05, 0) is 13.0 Å². The van der Waals surface area contributed by atoms with Crippen LogP contribution in [0.15, 0.2) is 15.8 Å². The lowest BCUT2D eigenvalue weighted by Gasteiger charge is -1.45. The minimum absolute atomic E-state index is 1.73. The molecule has 0 aliphatic heterocycles. The largest absolute Gasteiger partial charge is 0.156 e. The van der Waals surface area contributed by atoms with E-state index in [1.165, 1.54) is 0 Å². The maximum Gasteiger partial charge on any atom is 0.0857 e. The topological polar surface area (TPSA) is 12.4 Å². The van der Waals surface area contributed by atoms with Crippen molar-refractivity contribution in [3.8, 4) is 0 Å². The number of nitrogens with zero attached hydrogens (tertiary/aromatic N) is 1. The van der Waals surface area contributed by atoms with E-state index in [0.29, 0.717) is 0 Å². The molecule has 0 atom stereocenters. The fourth-order valence-corrected chi connectivity index (χ4v) is 0.191. The van der Waals surface area contributed by atoms with Gasteiger partial charge < -0.3 is 0 Å². The molecule has 0 unspecified atom stereocenters. The van der Waals surface area contributed by atoms with Crippen LogP contribution in [0.4, 0.5) is 0 Å². The molecule has 0 aliphatic rings. The summed E-state index contributed by atoms with van der Waals surface area (Å²) in [5, 5.41) is 0. The summed E-state index contributed by atoms with van der Waals surface area (Å²) in [6.07, 6.45) is 1.73. The molecule has 1 nitrogen and oxygen atoms in total. The number of allylic oxidation sites excluding steroid dienone is 1. The molecule has 2 heteroatoms. The van der Waals surface area contributed by atoms with Crippen LogP contribution in [0.2, 0.25) is 0 Å². The van der Waals surface area contributed by atoms with Gasteiger partial charge in [0.1, 0.15) is 0 Å². The number of hydrogen-bond donors (Lipinski definition) is 0. The van der Waals surface area contributed by atoms with Gasteiger partial charge in [-0.15, -0.1) is 0 Å². The van der Waals surface area contributed by atoms with Crippen LogP contribution in [0.25, 0.3) is 0 Å². The summed E-state index contributed by atoms with van der Waals surface area (Å²) >= 11 is 2.78. The molecule has 0 aromatic heterocycles. The standard InChI is InChI=1S/C4H4BrN/c1-2-3-4-6-5/h2H,1H3. The molecular formula is C4H4BrN. The lowest BCUT2D eigenvalue weighted by molar-refractivity contribution is 1.79. The average molecular weight is 146 g/mol. The highest BCUT2D eigenvalue weighted by atomic mass is 79.9. The first-order chi connectivity index (χ1) is 2.91. The van der Waals surface area contributed by atoms with Crippen LogP contribution < -0.4 is 0 Å². The Morgan fingerprint density at radius 3 is 2.67 bits per heavy atom. The molecular weight excluding hydrogens is 142 g/mol. The second kappa shape index (κ2) is 4.71. The number of halogens is 1. The first kappa shape index (κ1) is 5.71. The van der Waals surface area contributed by atoms with Crippen molar-refractivity contribution >= 4 is 22.0 Å². The Bertz CT molecular complexity index is 90.7. The molecule has 0 aromatic rings. The van der Waals surface area contributed by atoms with Crippen molar-refractivity contribution in [1.82, 2.24) is 0 Å². The molecule has 0 rings (SSSR count). The van der Waals surface area contributed by atoms with E-state index in [9.17, 15) is 0 Å². The van der Waals surface area contributed by atoms with Crippen LogP contribution in [0.5, 0.6) is 0 Å². The Kier molecular flexibility index (Phi) is 4.48. The van der Waals surface area contributed by atoms with E-state index in [1.54, 1.807) is 6.08 Å². The predicted octanol–water partition coefficient (Wildman–Crippen LogP) is 1.70. The Hall–Kier alpha value is -0.290. The highest BCUT2D eigenvalue weighted by molar-refractivity contribution is 9.08. The van der Waals surface area contributed by atoms with Crippen molar-refractivity contribution < 1.29 is 0 Å².